The van der Waals surface area contributed by atoms with Gasteiger partial charge in [0.2, 0.25) is 11.8 Å². The van der Waals surface area contributed by atoms with Crippen LogP contribution in [0.4, 0.5) is 4.79 Å². The van der Waals surface area contributed by atoms with Gasteiger partial charge in [-0.3, -0.25) is 24.1 Å². The maximum Gasteiger partial charge on any atom is 0.293 e. The first kappa shape index (κ1) is 19.8. The third kappa shape index (κ3) is 5.06. The summed E-state index contributed by atoms with van der Waals surface area (Å²) in [5.41, 5.74) is 0.770. The fourth-order valence-electron chi connectivity index (χ4n) is 2.48. The maximum atomic E-state index is 12.4. The lowest BCUT2D eigenvalue weighted by Gasteiger charge is -2.16. The molecule has 0 radical (unpaired) electrons. The minimum Gasteiger partial charge on any atom is -0.353 e. The third-order valence-corrected chi connectivity index (χ3v) is 5.96. The quantitative estimate of drug-likeness (QED) is 0.702. The van der Waals surface area contributed by atoms with Crippen LogP contribution in [0.5, 0.6) is 0 Å². The van der Waals surface area contributed by atoms with Gasteiger partial charge >= 0.3 is 0 Å². The van der Waals surface area contributed by atoms with E-state index < -0.39 is 0 Å². The lowest BCUT2D eigenvalue weighted by Crippen LogP contribution is -2.42. The average Bonchev–Trinajstić information content (AvgIpc) is 3.14. The fraction of sp³-hybridized carbons (Fsp3) is 0.294. The first-order chi connectivity index (χ1) is 12.9. The highest BCUT2D eigenvalue weighted by atomic mass is 35.5. The van der Waals surface area contributed by atoms with Gasteiger partial charge in [0.05, 0.1) is 16.5 Å². The van der Waals surface area contributed by atoms with Crippen LogP contribution in [-0.2, 0) is 14.4 Å². The van der Waals surface area contributed by atoms with Gasteiger partial charge in [0.1, 0.15) is 6.54 Å². The molecule has 7 nitrogen and oxygen atoms in total. The third-order valence-electron chi connectivity index (χ3n) is 3.86. The van der Waals surface area contributed by atoms with Crippen LogP contribution in [-0.4, -0.2) is 64.0 Å². The van der Waals surface area contributed by atoms with Crippen LogP contribution in [0.1, 0.15) is 5.56 Å². The number of thioether (sulfide) groups is 2. The SMILES string of the molecule is O=C(CN1CSCC1=O)NCCN1C(=O)S/C(=C/c2ccc(Cl)cc2)C1=O. The molecule has 2 fully saturated rings. The van der Waals surface area contributed by atoms with Gasteiger partial charge in [-0.1, -0.05) is 23.7 Å². The molecule has 1 aromatic carbocycles. The highest BCUT2D eigenvalue weighted by Gasteiger charge is 2.34. The normalized spacial score (nSPS) is 18.7. The van der Waals surface area contributed by atoms with Crippen LogP contribution in [0, 0.1) is 0 Å². The van der Waals surface area contributed by atoms with Crippen molar-refractivity contribution in [2.75, 3.05) is 31.3 Å². The summed E-state index contributed by atoms with van der Waals surface area (Å²) >= 11 is 8.16. The Morgan fingerprint density at radius 3 is 2.63 bits per heavy atom. The Morgan fingerprint density at radius 2 is 1.96 bits per heavy atom. The molecule has 2 aliphatic heterocycles. The molecule has 4 amide bonds. The summed E-state index contributed by atoms with van der Waals surface area (Å²) in [6.45, 7) is 0.210. The first-order valence-electron chi connectivity index (χ1n) is 8.07. The summed E-state index contributed by atoms with van der Waals surface area (Å²) in [5, 5.41) is 2.85. The van der Waals surface area contributed by atoms with E-state index in [0.717, 1.165) is 22.2 Å². The van der Waals surface area contributed by atoms with Crippen LogP contribution in [0.2, 0.25) is 5.02 Å². The Morgan fingerprint density at radius 1 is 1.22 bits per heavy atom. The number of carbonyl (C=O) groups is 4. The predicted molar refractivity (Wildman–Crippen MR) is 106 cm³/mol. The van der Waals surface area contributed by atoms with Gasteiger partial charge in [0.15, 0.2) is 0 Å². The molecule has 0 aliphatic carbocycles. The largest absolute Gasteiger partial charge is 0.353 e. The van der Waals surface area contributed by atoms with E-state index >= 15 is 0 Å². The van der Waals surface area contributed by atoms with Gasteiger partial charge in [-0.15, -0.1) is 11.8 Å². The lowest BCUT2D eigenvalue weighted by molar-refractivity contribution is -0.132. The van der Waals surface area contributed by atoms with E-state index in [1.165, 1.54) is 16.7 Å². The van der Waals surface area contributed by atoms with Crippen molar-refractivity contribution in [1.29, 1.82) is 0 Å². The number of benzene rings is 1. The molecular formula is C17H16ClN3O4S2. The molecule has 27 heavy (non-hydrogen) atoms. The molecule has 0 aromatic heterocycles. The topological polar surface area (TPSA) is 86.8 Å². The van der Waals surface area contributed by atoms with E-state index in [2.05, 4.69) is 5.32 Å². The van der Waals surface area contributed by atoms with E-state index in [9.17, 15) is 19.2 Å². The number of nitrogens with one attached hydrogen (secondary N) is 1. The predicted octanol–water partition coefficient (Wildman–Crippen LogP) is 2.03. The number of rotatable bonds is 6. The summed E-state index contributed by atoms with van der Waals surface area (Å²) in [5.74, 6) is 0.137. The minimum absolute atomic E-state index is 0.00973. The highest BCUT2D eigenvalue weighted by molar-refractivity contribution is 8.18. The Balaban J connectivity index is 1.51. The molecule has 3 rings (SSSR count). The molecule has 2 heterocycles. The smallest absolute Gasteiger partial charge is 0.293 e. The van der Waals surface area contributed by atoms with E-state index in [4.69, 9.17) is 11.6 Å². The molecule has 0 unspecified atom stereocenters. The van der Waals surface area contributed by atoms with Crippen molar-refractivity contribution >= 4 is 64.2 Å². The van der Waals surface area contributed by atoms with Crippen molar-refractivity contribution in [2.24, 2.45) is 0 Å². The number of carbonyl (C=O) groups excluding carboxylic acids is 4. The zero-order chi connectivity index (χ0) is 19.4. The van der Waals surface area contributed by atoms with Crippen molar-refractivity contribution in [3.8, 4) is 0 Å². The summed E-state index contributed by atoms with van der Waals surface area (Å²) in [7, 11) is 0. The Bertz CT molecular complexity index is 813. The second kappa shape index (κ2) is 8.81. The number of hydrogen-bond acceptors (Lipinski definition) is 6. The zero-order valence-electron chi connectivity index (χ0n) is 14.1. The molecule has 2 aliphatic rings. The monoisotopic (exact) mass is 425 g/mol. The molecule has 142 valence electrons. The Kier molecular flexibility index (Phi) is 6.46. The van der Waals surface area contributed by atoms with Crippen LogP contribution >= 0.6 is 35.1 Å². The second-order valence-electron chi connectivity index (χ2n) is 5.80. The van der Waals surface area contributed by atoms with Crippen LogP contribution in [0.15, 0.2) is 29.2 Å². The molecule has 0 bridgehead atoms. The maximum absolute atomic E-state index is 12.4. The molecule has 10 heteroatoms. The highest BCUT2D eigenvalue weighted by Crippen LogP contribution is 2.32. The van der Waals surface area contributed by atoms with Crippen LogP contribution < -0.4 is 5.32 Å². The van der Waals surface area contributed by atoms with Gasteiger partial charge in [-0.25, -0.2) is 0 Å². The fourth-order valence-corrected chi connectivity index (χ4v) is 4.37. The van der Waals surface area contributed by atoms with E-state index in [-0.39, 0.29) is 42.6 Å². The molecule has 1 N–H and O–H groups in total. The summed E-state index contributed by atoms with van der Waals surface area (Å²) in [6.07, 6.45) is 1.64. The zero-order valence-corrected chi connectivity index (χ0v) is 16.5. The molecule has 0 saturated carbocycles. The number of amides is 4. The van der Waals surface area contributed by atoms with Crippen molar-refractivity contribution in [3.63, 3.8) is 0 Å². The van der Waals surface area contributed by atoms with E-state index in [1.807, 2.05) is 0 Å². The van der Waals surface area contributed by atoms with Crippen molar-refractivity contribution in [1.82, 2.24) is 15.1 Å². The second-order valence-corrected chi connectivity index (χ2v) is 8.19. The average molecular weight is 426 g/mol. The van der Waals surface area contributed by atoms with Gasteiger partial charge in [0, 0.05) is 18.1 Å². The summed E-state index contributed by atoms with van der Waals surface area (Å²) in [6, 6.07) is 6.93. The standard InChI is InChI=1S/C17H16ClN3O4S2/c18-12-3-1-11(2-4-12)7-13-16(24)21(17(25)27-13)6-5-19-14(22)8-20-10-26-9-15(20)23/h1-4,7H,5-6,8-10H2,(H,19,22)/b13-7+. The summed E-state index contributed by atoms with van der Waals surface area (Å²) in [4.78, 5) is 50.8. The molecule has 0 atom stereocenters. The first-order valence-corrected chi connectivity index (χ1v) is 10.4. The Labute approximate surface area is 169 Å². The van der Waals surface area contributed by atoms with Crippen molar-refractivity contribution in [2.45, 2.75) is 0 Å². The summed E-state index contributed by atoms with van der Waals surface area (Å²) < 4.78 is 0. The van der Waals surface area contributed by atoms with Crippen LogP contribution in [0.3, 0.4) is 0 Å². The number of nitrogens with zero attached hydrogens (tertiary/aromatic N) is 2. The molecular weight excluding hydrogens is 410 g/mol. The van der Waals surface area contributed by atoms with Crippen molar-refractivity contribution < 1.29 is 19.2 Å². The molecule has 0 spiro atoms. The minimum atomic E-state index is -0.389. The van der Waals surface area contributed by atoms with Gasteiger partial charge in [-0.2, -0.15) is 0 Å². The number of halogens is 1. The number of imide groups is 1. The van der Waals surface area contributed by atoms with Gasteiger partial charge in [0.25, 0.3) is 11.1 Å². The molecule has 2 saturated heterocycles. The molecule has 1 aromatic rings. The lowest BCUT2D eigenvalue weighted by atomic mass is 10.2. The number of hydrogen-bond donors (Lipinski definition) is 1. The van der Waals surface area contributed by atoms with E-state index in [1.54, 1.807) is 30.3 Å². The van der Waals surface area contributed by atoms with Crippen LogP contribution in [0.25, 0.3) is 6.08 Å². The van der Waals surface area contributed by atoms with E-state index in [0.29, 0.717) is 21.6 Å². The Hall–Kier alpha value is -1.97. The van der Waals surface area contributed by atoms with Crippen molar-refractivity contribution in [3.05, 3.63) is 39.8 Å². The van der Waals surface area contributed by atoms with Gasteiger partial charge < -0.3 is 10.2 Å². The van der Waals surface area contributed by atoms with Gasteiger partial charge in [-0.05, 0) is 35.5 Å².